The molecule has 2 aromatic carbocycles. The fourth-order valence-electron chi connectivity index (χ4n) is 1.99. The molecule has 0 spiro atoms. The zero-order chi connectivity index (χ0) is 14.5. The van der Waals surface area contributed by atoms with E-state index < -0.39 is 0 Å². The van der Waals surface area contributed by atoms with Gasteiger partial charge in [0.2, 0.25) is 5.91 Å². The van der Waals surface area contributed by atoms with E-state index in [0.717, 1.165) is 16.8 Å². The molecule has 2 nitrogen and oxygen atoms in total. The molecule has 0 aliphatic carbocycles. The molecular weight excluding hydrogens is 253 g/mol. The van der Waals surface area contributed by atoms with Crippen molar-refractivity contribution >= 4 is 11.6 Å². The average molecular weight is 271 g/mol. The molecule has 0 fully saturated rings. The summed E-state index contributed by atoms with van der Waals surface area (Å²) in [5.41, 5.74) is 3.98. The van der Waals surface area contributed by atoms with Crippen molar-refractivity contribution < 1.29 is 9.18 Å². The standard InChI is InChI=1S/C17H18FNO/c1-12-6-8-16(10-13(12)2)19-17(20)9-7-14-4-3-5-15(18)11-14/h3-6,8,10-11H,7,9H2,1-2H3,(H,19,20). The number of carbonyl (C=O) groups is 1. The van der Waals surface area contributed by atoms with Crippen LogP contribution in [0.3, 0.4) is 0 Å². The van der Waals surface area contributed by atoms with Gasteiger partial charge in [0.15, 0.2) is 0 Å². The molecule has 0 unspecified atom stereocenters. The monoisotopic (exact) mass is 271 g/mol. The largest absolute Gasteiger partial charge is 0.326 e. The molecule has 104 valence electrons. The molecule has 0 aliphatic rings. The highest BCUT2D eigenvalue weighted by Crippen LogP contribution is 2.15. The van der Waals surface area contributed by atoms with Gasteiger partial charge in [0, 0.05) is 12.1 Å². The Morgan fingerprint density at radius 2 is 1.90 bits per heavy atom. The number of anilines is 1. The predicted molar refractivity (Wildman–Crippen MR) is 79.3 cm³/mol. The van der Waals surface area contributed by atoms with E-state index in [-0.39, 0.29) is 11.7 Å². The second-order valence-corrected chi connectivity index (χ2v) is 4.98. The van der Waals surface area contributed by atoms with E-state index in [1.807, 2.05) is 38.1 Å². The molecular formula is C17H18FNO. The summed E-state index contributed by atoms with van der Waals surface area (Å²) >= 11 is 0. The number of halogens is 1. The zero-order valence-electron chi connectivity index (χ0n) is 11.7. The third-order valence-electron chi connectivity index (χ3n) is 3.32. The van der Waals surface area contributed by atoms with Crippen LogP contribution < -0.4 is 5.32 Å². The van der Waals surface area contributed by atoms with Crippen LogP contribution in [0.25, 0.3) is 0 Å². The smallest absolute Gasteiger partial charge is 0.224 e. The van der Waals surface area contributed by atoms with Crippen LogP contribution in [-0.4, -0.2) is 5.91 Å². The first-order chi connectivity index (χ1) is 9.54. The van der Waals surface area contributed by atoms with Crippen LogP contribution in [0.2, 0.25) is 0 Å². The molecule has 2 aromatic rings. The van der Waals surface area contributed by atoms with Crippen LogP contribution in [0.4, 0.5) is 10.1 Å². The normalized spacial score (nSPS) is 10.3. The van der Waals surface area contributed by atoms with Crippen molar-refractivity contribution in [2.45, 2.75) is 26.7 Å². The quantitative estimate of drug-likeness (QED) is 0.894. The van der Waals surface area contributed by atoms with Gasteiger partial charge >= 0.3 is 0 Å². The number of aryl methyl sites for hydroxylation is 3. The number of hydrogen-bond acceptors (Lipinski definition) is 1. The van der Waals surface area contributed by atoms with Crippen molar-refractivity contribution in [2.24, 2.45) is 0 Å². The first-order valence-electron chi connectivity index (χ1n) is 6.66. The minimum Gasteiger partial charge on any atom is -0.326 e. The van der Waals surface area contributed by atoms with Crippen LogP contribution in [-0.2, 0) is 11.2 Å². The fourth-order valence-corrected chi connectivity index (χ4v) is 1.99. The molecule has 2 rings (SSSR count). The van der Waals surface area contributed by atoms with E-state index in [1.165, 1.54) is 17.7 Å². The fraction of sp³-hybridized carbons (Fsp3) is 0.235. The van der Waals surface area contributed by atoms with Gasteiger partial charge in [-0.15, -0.1) is 0 Å². The molecule has 0 bridgehead atoms. The third-order valence-corrected chi connectivity index (χ3v) is 3.32. The van der Waals surface area contributed by atoms with E-state index >= 15 is 0 Å². The number of amides is 1. The van der Waals surface area contributed by atoms with E-state index in [4.69, 9.17) is 0 Å². The summed E-state index contributed by atoms with van der Waals surface area (Å²) in [5, 5.41) is 2.86. The Balaban J connectivity index is 1.91. The third kappa shape index (κ3) is 3.92. The molecule has 0 radical (unpaired) electrons. The Morgan fingerprint density at radius 3 is 2.60 bits per heavy atom. The van der Waals surface area contributed by atoms with Crippen molar-refractivity contribution in [2.75, 3.05) is 5.32 Å². The van der Waals surface area contributed by atoms with Gasteiger partial charge < -0.3 is 5.32 Å². The molecule has 20 heavy (non-hydrogen) atoms. The van der Waals surface area contributed by atoms with Gasteiger partial charge in [-0.2, -0.15) is 0 Å². The Bertz CT molecular complexity index is 622. The highest BCUT2D eigenvalue weighted by molar-refractivity contribution is 5.90. The van der Waals surface area contributed by atoms with Gasteiger partial charge in [0.1, 0.15) is 5.82 Å². The summed E-state index contributed by atoms with van der Waals surface area (Å²) in [5.74, 6) is -0.324. The van der Waals surface area contributed by atoms with Crippen molar-refractivity contribution in [3.8, 4) is 0 Å². The molecule has 0 aromatic heterocycles. The average Bonchev–Trinajstić information content (AvgIpc) is 2.41. The molecule has 1 N–H and O–H groups in total. The van der Waals surface area contributed by atoms with Gasteiger partial charge in [-0.05, 0) is 61.2 Å². The lowest BCUT2D eigenvalue weighted by Gasteiger charge is -2.08. The summed E-state index contributed by atoms with van der Waals surface area (Å²) in [6.45, 7) is 4.04. The van der Waals surface area contributed by atoms with E-state index in [2.05, 4.69) is 5.32 Å². The van der Waals surface area contributed by atoms with Gasteiger partial charge in [0.05, 0.1) is 0 Å². The number of nitrogens with one attached hydrogen (secondary N) is 1. The number of rotatable bonds is 4. The first-order valence-corrected chi connectivity index (χ1v) is 6.66. The maximum Gasteiger partial charge on any atom is 0.224 e. The SMILES string of the molecule is Cc1ccc(NC(=O)CCc2cccc(F)c2)cc1C. The lowest BCUT2D eigenvalue weighted by Crippen LogP contribution is -2.12. The molecule has 3 heteroatoms. The van der Waals surface area contributed by atoms with Gasteiger partial charge in [0.25, 0.3) is 0 Å². The Labute approximate surface area is 118 Å². The van der Waals surface area contributed by atoms with Crippen molar-refractivity contribution in [3.05, 3.63) is 65.0 Å². The summed E-state index contributed by atoms with van der Waals surface area (Å²) in [6.07, 6.45) is 0.880. The van der Waals surface area contributed by atoms with E-state index in [9.17, 15) is 9.18 Å². The molecule has 0 atom stereocenters. The van der Waals surface area contributed by atoms with Crippen LogP contribution >= 0.6 is 0 Å². The van der Waals surface area contributed by atoms with E-state index in [0.29, 0.717) is 12.8 Å². The Morgan fingerprint density at radius 1 is 1.10 bits per heavy atom. The highest BCUT2D eigenvalue weighted by atomic mass is 19.1. The summed E-state index contributed by atoms with van der Waals surface area (Å²) in [4.78, 5) is 11.9. The van der Waals surface area contributed by atoms with Gasteiger partial charge in [-0.25, -0.2) is 4.39 Å². The number of benzene rings is 2. The van der Waals surface area contributed by atoms with Crippen LogP contribution in [0.15, 0.2) is 42.5 Å². The van der Waals surface area contributed by atoms with Crippen LogP contribution in [0.5, 0.6) is 0 Å². The minimum absolute atomic E-state index is 0.0579. The molecule has 0 aliphatic heterocycles. The second-order valence-electron chi connectivity index (χ2n) is 4.98. The molecule has 1 amide bonds. The lowest BCUT2D eigenvalue weighted by atomic mass is 10.1. The number of carbonyl (C=O) groups excluding carboxylic acids is 1. The molecule has 0 saturated carbocycles. The van der Waals surface area contributed by atoms with Gasteiger partial charge in [-0.1, -0.05) is 18.2 Å². The summed E-state index contributed by atoms with van der Waals surface area (Å²) < 4.78 is 13.0. The first kappa shape index (κ1) is 14.3. The second kappa shape index (κ2) is 6.33. The van der Waals surface area contributed by atoms with Gasteiger partial charge in [-0.3, -0.25) is 4.79 Å². The summed E-state index contributed by atoms with van der Waals surface area (Å²) in [6, 6.07) is 12.2. The topological polar surface area (TPSA) is 29.1 Å². The summed E-state index contributed by atoms with van der Waals surface area (Å²) in [7, 11) is 0. The highest BCUT2D eigenvalue weighted by Gasteiger charge is 2.04. The molecule has 0 saturated heterocycles. The number of hydrogen-bond donors (Lipinski definition) is 1. The maximum atomic E-state index is 13.0. The Kier molecular flexibility index (Phi) is 4.51. The Hall–Kier alpha value is -2.16. The predicted octanol–water partition coefficient (Wildman–Crippen LogP) is 4.01. The van der Waals surface area contributed by atoms with Crippen molar-refractivity contribution in [1.29, 1.82) is 0 Å². The van der Waals surface area contributed by atoms with Crippen LogP contribution in [0, 0.1) is 19.7 Å². The van der Waals surface area contributed by atoms with Crippen molar-refractivity contribution in [3.63, 3.8) is 0 Å². The minimum atomic E-state index is -0.267. The van der Waals surface area contributed by atoms with Crippen LogP contribution in [0.1, 0.15) is 23.1 Å². The maximum absolute atomic E-state index is 13.0. The molecule has 0 heterocycles. The zero-order valence-corrected chi connectivity index (χ0v) is 11.7. The van der Waals surface area contributed by atoms with Crippen molar-refractivity contribution in [1.82, 2.24) is 0 Å². The van der Waals surface area contributed by atoms with E-state index in [1.54, 1.807) is 6.07 Å². The lowest BCUT2D eigenvalue weighted by molar-refractivity contribution is -0.116.